The molecule has 2 atom stereocenters. The van der Waals surface area contributed by atoms with E-state index in [2.05, 4.69) is 4.98 Å². The number of carbonyl (C=O) groups is 1. The van der Waals surface area contributed by atoms with Crippen molar-refractivity contribution < 1.29 is 14.6 Å². The third-order valence-electron chi connectivity index (χ3n) is 5.26. The van der Waals surface area contributed by atoms with Crippen molar-refractivity contribution in [1.29, 1.82) is 0 Å². The predicted octanol–water partition coefficient (Wildman–Crippen LogP) is 0.0207. The van der Waals surface area contributed by atoms with E-state index in [0.29, 0.717) is 43.0 Å². The van der Waals surface area contributed by atoms with E-state index in [9.17, 15) is 19.5 Å². The Morgan fingerprint density at radius 3 is 2.69 bits per heavy atom. The number of nitrogens with zero attached hydrogens (tertiary/aromatic N) is 2. The van der Waals surface area contributed by atoms with Crippen molar-refractivity contribution in [2.75, 3.05) is 26.2 Å². The number of piperidine rings is 1. The Bertz CT molecular complexity index is 993. The van der Waals surface area contributed by atoms with Gasteiger partial charge in [-0.25, -0.2) is 4.79 Å². The first-order chi connectivity index (χ1) is 13.7. The highest BCUT2D eigenvalue weighted by molar-refractivity contribution is 5.94. The van der Waals surface area contributed by atoms with Gasteiger partial charge in [0.15, 0.2) is 0 Å². The molecule has 1 amide bonds. The molecule has 0 unspecified atom stereocenters. The van der Waals surface area contributed by atoms with Crippen LogP contribution in [0.3, 0.4) is 0 Å². The topological polar surface area (TPSA) is 131 Å². The first kappa shape index (κ1) is 20.8. The third kappa shape index (κ3) is 4.41. The van der Waals surface area contributed by atoms with Gasteiger partial charge in [0.25, 0.3) is 11.5 Å². The molecule has 0 spiro atoms. The van der Waals surface area contributed by atoms with Gasteiger partial charge < -0.3 is 20.5 Å². The molecular formula is C20H26N4O5. The second kappa shape index (κ2) is 8.22. The SMILES string of the molecule is Cc1cn([C@@H]2CN(C(=O)c3ccc(OCCN)cc3)CC[C@@]2(C)O)c(=O)[nH]c1=O. The minimum atomic E-state index is -1.20. The van der Waals surface area contributed by atoms with Crippen LogP contribution in [0.4, 0.5) is 0 Å². The number of nitrogens with two attached hydrogens (primary N) is 1. The number of carbonyl (C=O) groups excluding carboxylic acids is 1. The highest BCUT2D eigenvalue weighted by Crippen LogP contribution is 2.31. The maximum Gasteiger partial charge on any atom is 0.328 e. The summed E-state index contributed by atoms with van der Waals surface area (Å²) in [4.78, 5) is 40.8. The lowest BCUT2D eigenvalue weighted by Gasteiger charge is -2.43. The summed E-state index contributed by atoms with van der Waals surface area (Å²) in [5.74, 6) is 0.423. The molecule has 4 N–H and O–H groups in total. The number of ether oxygens (including phenoxy) is 1. The number of hydrogen-bond donors (Lipinski definition) is 3. The molecule has 3 rings (SSSR count). The van der Waals surface area contributed by atoms with E-state index in [1.807, 2.05) is 0 Å². The minimum Gasteiger partial charge on any atom is -0.492 e. The summed E-state index contributed by atoms with van der Waals surface area (Å²) in [5.41, 5.74) is 3.97. The van der Waals surface area contributed by atoms with Gasteiger partial charge >= 0.3 is 5.69 Å². The number of hydrogen-bond acceptors (Lipinski definition) is 6. The molecule has 2 aromatic rings. The second-order valence-electron chi connectivity index (χ2n) is 7.51. The molecular weight excluding hydrogens is 376 g/mol. The van der Waals surface area contributed by atoms with Crippen LogP contribution in [0.5, 0.6) is 5.75 Å². The summed E-state index contributed by atoms with van der Waals surface area (Å²) in [6, 6.07) is 6.07. The van der Waals surface area contributed by atoms with Gasteiger partial charge in [0.1, 0.15) is 12.4 Å². The van der Waals surface area contributed by atoms with Crippen molar-refractivity contribution in [3.63, 3.8) is 0 Å². The fourth-order valence-corrected chi connectivity index (χ4v) is 3.47. The average Bonchev–Trinajstić information content (AvgIpc) is 2.69. The maximum absolute atomic E-state index is 13.0. The molecule has 0 bridgehead atoms. The van der Waals surface area contributed by atoms with Crippen molar-refractivity contribution in [3.8, 4) is 5.75 Å². The third-order valence-corrected chi connectivity index (χ3v) is 5.26. The lowest BCUT2D eigenvalue weighted by Crippen LogP contribution is -2.55. The Labute approximate surface area is 167 Å². The quantitative estimate of drug-likeness (QED) is 0.646. The van der Waals surface area contributed by atoms with Gasteiger partial charge in [0, 0.05) is 37.0 Å². The predicted molar refractivity (Wildman–Crippen MR) is 107 cm³/mol. The van der Waals surface area contributed by atoms with Gasteiger partial charge in [-0.2, -0.15) is 0 Å². The molecule has 1 aromatic heterocycles. The zero-order valence-corrected chi connectivity index (χ0v) is 16.6. The molecule has 1 aromatic carbocycles. The number of aliphatic hydroxyl groups is 1. The van der Waals surface area contributed by atoms with Crippen LogP contribution in [0.15, 0.2) is 40.1 Å². The highest BCUT2D eigenvalue weighted by Gasteiger charge is 2.41. The Balaban J connectivity index is 1.83. The zero-order valence-electron chi connectivity index (χ0n) is 16.6. The van der Waals surface area contributed by atoms with Gasteiger partial charge in [-0.15, -0.1) is 0 Å². The van der Waals surface area contributed by atoms with Gasteiger partial charge in [0.05, 0.1) is 11.6 Å². The zero-order chi connectivity index (χ0) is 21.2. The van der Waals surface area contributed by atoms with Crippen molar-refractivity contribution in [2.24, 2.45) is 5.73 Å². The monoisotopic (exact) mass is 402 g/mol. The second-order valence-corrected chi connectivity index (χ2v) is 7.51. The van der Waals surface area contributed by atoms with Crippen LogP contribution < -0.4 is 21.7 Å². The van der Waals surface area contributed by atoms with Crippen molar-refractivity contribution in [1.82, 2.24) is 14.5 Å². The normalized spacial score (nSPS) is 21.8. The smallest absolute Gasteiger partial charge is 0.328 e. The van der Waals surface area contributed by atoms with E-state index in [4.69, 9.17) is 10.5 Å². The molecule has 0 aliphatic carbocycles. The van der Waals surface area contributed by atoms with Crippen molar-refractivity contribution in [2.45, 2.75) is 31.9 Å². The molecule has 2 heterocycles. The minimum absolute atomic E-state index is 0.142. The number of aromatic nitrogens is 2. The largest absolute Gasteiger partial charge is 0.492 e. The molecule has 1 aliphatic rings. The summed E-state index contributed by atoms with van der Waals surface area (Å²) in [6.45, 7) is 4.51. The Morgan fingerprint density at radius 2 is 2.03 bits per heavy atom. The first-order valence-electron chi connectivity index (χ1n) is 9.49. The number of aromatic amines is 1. The van der Waals surface area contributed by atoms with Crippen molar-refractivity contribution >= 4 is 5.91 Å². The molecule has 29 heavy (non-hydrogen) atoms. The number of amides is 1. The number of likely N-dealkylation sites (tertiary alicyclic amines) is 1. The van der Waals surface area contributed by atoms with Crippen LogP contribution in [0, 0.1) is 6.92 Å². The van der Waals surface area contributed by atoms with Gasteiger partial charge in [-0.05, 0) is 44.5 Å². The molecule has 1 fully saturated rings. The van der Waals surface area contributed by atoms with Crippen LogP contribution in [0.1, 0.15) is 35.3 Å². The van der Waals surface area contributed by atoms with Gasteiger partial charge in [0.2, 0.25) is 0 Å². The molecule has 9 nitrogen and oxygen atoms in total. The number of rotatable bonds is 5. The van der Waals surface area contributed by atoms with E-state index in [1.54, 1.807) is 43.0 Å². The Kier molecular flexibility index (Phi) is 5.90. The molecule has 9 heteroatoms. The lowest BCUT2D eigenvalue weighted by atomic mass is 9.87. The van der Waals surface area contributed by atoms with Crippen molar-refractivity contribution in [3.05, 3.63) is 62.4 Å². The lowest BCUT2D eigenvalue weighted by molar-refractivity contribution is -0.0460. The van der Waals surface area contributed by atoms with Gasteiger partial charge in [-0.3, -0.25) is 19.1 Å². The van der Waals surface area contributed by atoms with Crippen LogP contribution in [-0.2, 0) is 0 Å². The number of benzene rings is 1. The summed E-state index contributed by atoms with van der Waals surface area (Å²) in [7, 11) is 0. The fraction of sp³-hybridized carbons (Fsp3) is 0.450. The van der Waals surface area contributed by atoms with E-state index in [1.165, 1.54) is 10.8 Å². The van der Waals surface area contributed by atoms with Crippen LogP contribution in [0.2, 0.25) is 0 Å². The van der Waals surface area contributed by atoms with E-state index >= 15 is 0 Å². The Hall–Kier alpha value is -2.91. The summed E-state index contributed by atoms with van der Waals surface area (Å²) < 4.78 is 6.73. The number of H-pyrrole nitrogens is 1. The van der Waals surface area contributed by atoms with Crippen LogP contribution >= 0.6 is 0 Å². The molecule has 1 aliphatic heterocycles. The average molecular weight is 402 g/mol. The summed E-state index contributed by atoms with van der Waals surface area (Å²) in [5, 5.41) is 10.8. The number of nitrogens with one attached hydrogen (secondary N) is 1. The summed E-state index contributed by atoms with van der Waals surface area (Å²) in [6.07, 6.45) is 1.73. The van der Waals surface area contributed by atoms with Gasteiger partial charge in [-0.1, -0.05) is 0 Å². The first-order valence-corrected chi connectivity index (χ1v) is 9.49. The standard InChI is InChI=1S/C20H26N4O5/c1-13-11-24(19(27)22-17(13)25)16-12-23(9-7-20(16,2)28)18(26)14-3-5-15(6-4-14)29-10-8-21/h3-6,11,16,28H,7-10,12,21H2,1-2H3,(H,22,25,27)/t16-,20-/m1/s1. The molecule has 0 radical (unpaired) electrons. The molecule has 0 saturated carbocycles. The highest BCUT2D eigenvalue weighted by atomic mass is 16.5. The molecule has 1 saturated heterocycles. The number of aryl methyl sites for hydroxylation is 1. The maximum atomic E-state index is 13.0. The Morgan fingerprint density at radius 1 is 1.34 bits per heavy atom. The summed E-state index contributed by atoms with van der Waals surface area (Å²) >= 11 is 0. The molecule has 156 valence electrons. The van der Waals surface area contributed by atoms with E-state index in [0.717, 1.165) is 0 Å². The fourth-order valence-electron chi connectivity index (χ4n) is 3.47. The van der Waals surface area contributed by atoms with Crippen LogP contribution in [-0.4, -0.2) is 57.3 Å². The van der Waals surface area contributed by atoms with E-state index in [-0.39, 0.29) is 12.5 Å². The van der Waals surface area contributed by atoms with Crippen LogP contribution in [0.25, 0.3) is 0 Å². The van der Waals surface area contributed by atoms with E-state index < -0.39 is 22.9 Å².